The van der Waals surface area contributed by atoms with Crippen molar-refractivity contribution in [3.63, 3.8) is 0 Å². The lowest BCUT2D eigenvalue weighted by molar-refractivity contribution is 0.000349. The first-order valence-electron chi connectivity index (χ1n) is 14.2. The number of rotatable bonds is 16. The molecule has 4 aliphatic carbocycles. The van der Waals surface area contributed by atoms with Crippen LogP contribution in [0.5, 0.6) is 0 Å². The largest absolute Gasteiger partial charge is 0.330 e. The Labute approximate surface area is 189 Å². The Morgan fingerprint density at radius 1 is 0.500 bits per heavy atom. The predicted octanol–water partition coefficient (Wildman–Crippen LogP) is 7.98. The number of unbranched alkanes of at least 4 members (excludes halogenated alkanes) is 15. The zero-order valence-corrected chi connectivity index (χ0v) is 20.6. The summed E-state index contributed by atoms with van der Waals surface area (Å²) in [6, 6.07) is 0.586. The van der Waals surface area contributed by atoms with Gasteiger partial charge >= 0.3 is 0 Å². The Hall–Kier alpha value is -0.0800. The van der Waals surface area contributed by atoms with Crippen molar-refractivity contribution >= 4 is 0 Å². The Morgan fingerprint density at radius 2 is 0.833 bits per heavy atom. The molecule has 0 amide bonds. The van der Waals surface area contributed by atoms with Crippen molar-refractivity contribution in [2.75, 3.05) is 6.54 Å². The highest BCUT2D eigenvalue weighted by Crippen LogP contribution is 2.52. The molecular weight excluding hydrogens is 364 g/mol. The molecule has 4 bridgehead atoms. The van der Waals surface area contributed by atoms with Crippen LogP contribution in [0.4, 0.5) is 0 Å². The summed E-state index contributed by atoms with van der Waals surface area (Å²) < 4.78 is 0. The molecule has 0 spiro atoms. The highest BCUT2D eigenvalue weighted by atomic mass is 14.7. The van der Waals surface area contributed by atoms with Crippen LogP contribution in [-0.2, 0) is 0 Å². The normalized spacial score (nSPS) is 29.1. The highest BCUT2D eigenvalue weighted by molar-refractivity contribution is 4.99. The van der Waals surface area contributed by atoms with Gasteiger partial charge in [-0.3, -0.25) is 0 Å². The molecule has 2 nitrogen and oxygen atoms in total. The van der Waals surface area contributed by atoms with Gasteiger partial charge in [0.05, 0.1) is 0 Å². The molecule has 4 fully saturated rings. The maximum absolute atomic E-state index is 6.17. The van der Waals surface area contributed by atoms with E-state index in [4.69, 9.17) is 11.5 Å². The van der Waals surface area contributed by atoms with Crippen LogP contribution in [0, 0.1) is 23.7 Å². The summed E-state index contributed by atoms with van der Waals surface area (Å²) in [5.41, 5.74) is 11.6. The number of nitrogens with two attached hydrogens (primary N) is 2. The van der Waals surface area contributed by atoms with Crippen molar-refractivity contribution < 1.29 is 0 Å². The molecule has 2 heteroatoms. The molecule has 0 aromatic carbocycles. The number of hydrogen-bond donors (Lipinski definition) is 2. The first kappa shape index (κ1) is 26.2. The summed E-state index contributed by atoms with van der Waals surface area (Å²) in [6.45, 7) is 3.16. The van der Waals surface area contributed by atoms with Crippen LogP contribution in [0.2, 0.25) is 0 Å². The summed E-state index contributed by atoms with van der Waals surface area (Å²) in [7, 11) is 0. The first-order valence-corrected chi connectivity index (χ1v) is 14.2. The summed E-state index contributed by atoms with van der Waals surface area (Å²) in [5.74, 6) is 4.01. The molecular formula is C28H56N2. The third-order valence-corrected chi connectivity index (χ3v) is 8.36. The van der Waals surface area contributed by atoms with Gasteiger partial charge in [0, 0.05) is 6.04 Å². The van der Waals surface area contributed by atoms with Crippen molar-refractivity contribution in [3.05, 3.63) is 0 Å². The van der Waals surface area contributed by atoms with Crippen molar-refractivity contribution in [2.24, 2.45) is 35.1 Å². The molecule has 0 aromatic heterocycles. The fraction of sp³-hybridized carbons (Fsp3) is 1.00. The molecule has 4 N–H and O–H groups in total. The van der Waals surface area contributed by atoms with Crippen molar-refractivity contribution in [2.45, 2.75) is 148 Å². The monoisotopic (exact) mass is 420 g/mol. The molecule has 0 heterocycles. The zero-order chi connectivity index (χ0) is 21.4. The second kappa shape index (κ2) is 16.5. The van der Waals surface area contributed by atoms with E-state index in [1.54, 1.807) is 6.42 Å². The van der Waals surface area contributed by atoms with Crippen LogP contribution in [0.3, 0.4) is 0 Å². The standard InChI is InChI=1S/C18H39N.C10H17N/c1-2-3-4-5-6-7-8-9-10-11-12-13-14-15-16-17-18-19;11-10-8-2-6-1-7(4-8)5-9(10)3-6/h2-19H2,1H3;6-10H,1-5,11H2. The van der Waals surface area contributed by atoms with E-state index < -0.39 is 0 Å². The maximum Gasteiger partial charge on any atom is 0.00960 e. The van der Waals surface area contributed by atoms with Gasteiger partial charge in [0.15, 0.2) is 0 Å². The third-order valence-electron chi connectivity index (χ3n) is 8.36. The summed E-state index contributed by atoms with van der Waals surface area (Å²) >= 11 is 0. The SMILES string of the molecule is CCCCCCCCCCCCCCCCCCN.NC1C2CC3CC(C2)CC1C3. The molecule has 0 aliphatic heterocycles. The van der Waals surface area contributed by atoms with Gasteiger partial charge < -0.3 is 11.5 Å². The number of hydrogen-bond acceptors (Lipinski definition) is 2. The van der Waals surface area contributed by atoms with E-state index in [9.17, 15) is 0 Å². The van der Waals surface area contributed by atoms with E-state index in [0.29, 0.717) is 6.04 Å². The Morgan fingerprint density at radius 3 is 1.17 bits per heavy atom. The average Bonchev–Trinajstić information content (AvgIpc) is 2.74. The fourth-order valence-corrected chi connectivity index (χ4v) is 6.66. The zero-order valence-electron chi connectivity index (χ0n) is 20.6. The van der Waals surface area contributed by atoms with Crippen LogP contribution in [0.15, 0.2) is 0 Å². The predicted molar refractivity (Wildman–Crippen MR) is 134 cm³/mol. The summed E-state index contributed by atoms with van der Waals surface area (Å²) in [5, 5.41) is 0. The average molecular weight is 421 g/mol. The minimum atomic E-state index is 0.586. The minimum absolute atomic E-state index is 0.586. The van der Waals surface area contributed by atoms with Gasteiger partial charge in [0.25, 0.3) is 0 Å². The van der Waals surface area contributed by atoms with E-state index in [2.05, 4.69) is 6.92 Å². The second-order valence-corrected chi connectivity index (χ2v) is 11.1. The minimum Gasteiger partial charge on any atom is -0.330 e. The summed E-state index contributed by atoms with van der Waals surface area (Å²) in [4.78, 5) is 0. The molecule has 4 rings (SSSR count). The van der Waals surface area contributed by atoms with E-state index in [0.717, 1.165) is 30.2 Å². The van der Waals surface area contributed by atoms with Gasteiger partial charge in [-0.05, 0) is 68.7 Å². The van der Waals surface area contributed by atoms with Gasteiger partial charge in [0.1, 0.15) is 0 Å². The van der Waals surface area contributed by atoms with Gasteiger partial charge in [0.2, 0.25) is 0 Å². The maximum atomic E-state index is 6.17. The Kier molecular flexibility index (Phi) is 14.4. The first-order chi connectivity index (χ1) is 14.7. The van der Waals surface area contributed by atoms with Crippen molar-refractivity contribution in [1.82, 2.24) is 0 Å². The van der Waals surface area contributed by atoms with E-state index in [-0.39, 0.29) is 0 Å². The summed E-state index contributed by atoms with van der Waals surface area (Å²) in [6.07, 6.45) is 30.3. The lowest BCUT2D eigenvalue weighted by atomic mass is 9.54. The molecule has 0 unspecified atom stereocenters. The van der Waals surface area contributed by atoms with E-state index in [1.807, 2.05) is 0 Å². The van der Waals surface area contributed by atoms with Crippen molar-refractivity contribution in [3.8, 4) is 0 Å². The Balaban J connectivity index is 0.000000240. The van der Waals surface area contributed by atoms with Crippen molar-refractivity contribution in [1.29, 1.82) is 0 Å². The van der Waals surface area contributed by atoms with Crippen LogP contribution in [0.1, 0.15) is 142 Å². The fourth-order valence-electron chi connectivity index (χ4n) is 6.66. The smallest absolute Gasteiger partial charge is 0.00960 e. The quantitative estimate of drug-likeness (QED) is 0.249. The molecule has 0 aromatic rings. The van der Waals surface area contributed by atoms with Gasteiger partial charge in [-0.15, -0.1) is 0 Å². The molecule has 4 aliphatic rings. The van der Waals surface area contributed by atoms with Crippen LogP contribution >= 0.6 is 0 Å². The molecule has 178 valence electrons. The molecule has 0 atom stereocenters. The lowest BCUT2D eigenvalue weighted by Gasteiger charge is -2.53. The lowest BCUT2D eigenvalue weighted by Crippen LogP contribution is -2.52. The van der Waals surface area contributed by atoms with E-state index in [1.165, 1.54) is 128 Å². The molecule has 30 heavy (non-hydrogen) atoms. The van der Waals surface area contributed by atoms with E-state index >= 15 is 0 Å². The molecule has 4 saturated carbocycles. The van der Waals surface area contributed by atoms with Crippen LogP contribution in [-0.4, -0.2) is 12.6 Å². The molecule has 0 saturated heterocycles. The second-order valence-electron chi connectivity index (χ2n) is 11.1. The highest BCUT2D eigenvalue weighted by Gasteiger charge is 2.46. The van der Waals surface area contributed by atoms with Crippen LogP contribution < -0.4 is 11.5 Å². The molecule has 0 radical (unpaired) electrons. The van der Waals surface area contributed by atoms with Gasteiger partial charge in [-0.2, -0.15) is 0 Å². The van der Waals surface area contributed by atoms with Gasteiger partial charge in [-0.25, -0.2) is 0 Å². The van der Waals surface area contributed by atoms with Crippen LogP contribution in [0.25, 0.3) is 0 Å². The topological polar surface area (TPSA) is 52.0 Å². The van der Waals surface area contributed by atoms with Gasteiger partial charge in [-0.1, -0.05) is 103 Å². The Bertz CT molecular complexity index is 350. The third kappa shape index (κ3) is 10.5.